The first-order chi connectivity index (χ1) is 12.9. The summed E-state index contributed by atoms with van der Waals surface area (Å²) in [5.41, 5.74) is 1.74. The maximum Gasteiger partial charge on any atom is 0.340 e. The summed E-state index contributed by atoms with van der Waals surface area (Å²) in [6.07, 6.45) is 1.95. The third-order valence-corrected chi connectivity index (χ3v) is 4.17. The van der Waals surface area contributed by atoms with Gasteiger partial charge in [-0.3, -0.25) is 9.59 Å². The number of hydrogen-bond acceptors (Lipinski definition) is 5. The number of nitrogens with one attached hydrogen (secondary N) is 2. The van der Waals surface area contributed by atoms with Crippen molar-refractivity contribution in [3.05, 3.63) is 57.8 Å². The number of benzene rings is 1. The molecule has 2 N–H and O–H groups in total. The molecule has 9 heteroatoms. The molecule has 0 saturated heterocycles. The Hall–Kier alpha value is -2.64. The number of anilines is 1. The van der Waals surface area contributed by atoms with Crippen LogP contribution < -0.4 is 10.6 Å². The van der Waals surface area contributed by atoms with Gasteiger partial charge < -0.3 is 15.4 Å². The molecule has 1 heterocycles. The SMILES string of the molecule is CCc1ccccc1NC(=O)CNC(=O)COC(=O)c1cnc(Cl)c(Cl)c1. The van der Waals surface area contributed by atoms with E-state index in [1.807, 2.05) is 25.1 Å². The van der Waals surface area contributed by atoms with Crippen molar-refractivity contribution < 1.29 is 19.1 Å². The van der Waals surface area contributed by atoms with E-state index < -0.39 is 18.5 Å². The van der Waals surface area contributed by atoms with Gasteiger partial charge in [0.2, 0.25) is 5.91 Å². The molecular formula is C18H17Cl2N3O4. The van der Waals surface area contributed by atoms with Gasteiger partial charge >= 0.3 is 5.97 Å². The number of rotatable bonds is 7. The molecule has 0 spiro atoms. The summed E-state index contributed by atoms with van der Waals surface area (Å²) in [5, 5.41) is 5.25. The zero-order chi connectivity index (χ0) is 19.8. The summed E-state index contributed by atoms with van der Waals surface area (Å²) >= 11 is 11.4. The molecule has 0 saturated carbocycles. The van der Waals surface area contributed by atoms with Gasteiger partial charge in [0.15, 0.2) is 6.61 Å². The van der Waals surface area contributed by atoms with Crippen molar-refractivity contribution in [2.24, 2.45) is 0 Å². The van der Waals surface area contributed by atoms with E-state index >= 15 is 0 Å². The number of amides is 2. The molecule has 0 aliphatic carbocycles. The van der Waals surface area contributed by atoms with Crippen molar-refractivity contribution in [1.82, 2.24) is 10.3 Å². The Balaban J connectivity index is 1.77. The number of pyridine rings is 1. The Morgan fingerprint density at radius 1 is 1.15 bits per heavy atom. The van der Waals surface area contributed by atoms with Crippen LogP contribution in [-0.2, 0) is 20.7 Å². The van der Waals surface area contributed by atoms with Crippen LogP contribution in [0.15, 0.2) is 36.5 Å². The van der Waals surface area contributed by atoms with Crippen molar-refractivity contribution in [3.63, 3.8) is 0 Å². The molecule has 142 valence electrons. The number of hydrogen-bond donors (Lipinski definition) is 2. The number of esters is 1. The lowest BCUT2D eigenvalue weighted by molar-refractivity contribution is -0.126. The molecule has 7 nitrogen and oxygen atoms in total. The number of aromatic nitrogens is 1. The third kappa shape index (κ3) is 6.23. The van der Waals surface area contributed by atoms with E-state index in [1.165, 1.54) is 12.3 Å². The van der Waals surface area contributed by atoms with Crippen LogP contribution in [0.25, 0.3) is 0 Å². The first-order valence-corrected chi connectivity index (χ1v) is 8.79. The number of ether oxygens (including phenoxy) is 1. The summed E-state index contributed by atoms with van der Waals surface area (Å²) < 4.78 is 4.85. The van der Waals surface area contributed by atoms with Crippen LogP contribution in [0.1, 0.15) is 22.8 Å². The van der Waals surface area contributed by atoms with Crippen LogP contribution >= 0.6 is 23.2 Å². The summed E-state index contributed by atoms with van der Waals surface area (Å²) in [5.74, 6) is -1.78. The average Bonchev–Trinajstić information content (AvgIpc) is 2.67. The second-order valence-corrected chi connectivity index (χ2v) is 6.17. The zero-order valence-corrected chi connectivity index (χ0v) is 15.9. The van der Waals surface area contributed by atoms with Gasteiger partial charge in [-0.25, -0.2) is 9.78 Å². The molecular weight excluding hydrogens is 393 g/mol. The highest BCUT2D eigenvalue weighted by atomic mass is 35.5. The van der Waals surface area contributed by atoms with Gasteiger partial charge in [0.1, 0.15) is 5.15 Å². The lowest BCUT2D eigenvalue weighted by Crippen LogP contribution is -2.35. The maximum atomic E-state index is 11.9. The number of aryl methyl sites for hydroxylation is 1. The number of para-hydroxylation sites is 1. The Morgan fingerprint density at radius 2 is 1.89 bits per heavy atom. The van der Waals surface area contributed by atoms with Gasteiger partial charge in [-0.1, -0.05) is 48.3 Å². The maximum absolute atomic E-state index is 11.9. The molecule has 0 bridgehead atoms. The Bertz CT molecular complexity index is 858. The predicted molar refractivity (Wildman–Crippen MR) is 102 cm³/mol. The van der Waals surface area contributed by atoms with Crippen molar-refractivity contribution in [1.29, 1.82) is 0 Å². The number of nitrogens with zero attached hydrogens (tertiary/aromatic N) is 1. The zero-order valence-electron chi connectivity index (χ0n) is 14.4. The van der Waals surface area contributed by atoms with Crippen LogP contribution in [0.3, 0.4) is 0 Å². The van der Waals surface area contributed by atoms with Gasteiger partial charge in [-0.15, -0.1) is 0 Å². The Morgan fingerprint density at radius 3 is 2.59 bits per heavy atom. The molecule has 0 aliphatic rings. The van der Waals surface area contributed by atoms with Crippen molar-refractivity contribution in [2.45, 2.75) is 13.3 Å². The van der Waals surface area contributed by atoms with E-state index in [2.05, 4.69) is 15.6 Å². The molecule has 0 fully saturated rings. The number of carbonyl (C=O) groups is 3. The molecule has 2 rings (SSSR count). The Labute approximate surface area is 166 Å². The summed E-state index contributed by atoms with van der Waals surface area (Å²) in [7, 11) is 0. The minimum Gasteiger partial charge on any atom is -0.452 e. The third-order valence-electron chi connectivity index (χ3n) is 3.48. The topological polar surface area (TPSA) is 97.4 Å². The summed E-state index contributed by atoms with van der Waals surface area (Å²) in [4.78, 5) is 39.3. The van der Waals surface area contributed by atoms with E-state index in [4.69, 9.17) is 27.9 Å². The first kappa shape index (κ1) is 20.7. The Kier molecular flexibility index (Phi) is 7.57. The minimum atomic E-state index is -0.780. The van der Waals surface area contributed by atoms with Crippen molar-refractivity contribution in [3.8, 4) is 0 Å². The van der Waals surface area contributed by atoms with E-state index in [0.29, 0.717) is 5.69 Å². The van der Waals surface area contributed by atoms with Crippen LogP contribution in [0.5, 0.6) is 0 Å². The number of halogens is 2. The largest absolute Gasteiger partial charge is 0.452 e. The molecule has 0 radical (unpaired) electrons. The fourth-order valence-corrected chi connectivity index (χ4v) is 2.39. The van der Waals surface area contributed by atoms with Crippen LogP contribution in [0, 0.1) is 0 Å². The van der Waals surface area contributed by atoms with Crippen LogP contribution in [0.2, 0.25) is 10.2 Å². The molecule has 2 amide bonds. The van der Waals surface area contributed by atoms with Crippen molar-refractivity contribution in [2.75, 3.05) is 18.5 Å². The molecule has 0 aliphatic heterocycles. The lowest BCUT2D eigenvalue weighted by Gasteiger charge is -2.10. The molecule has 0 unspecified atom stereocenters. The predicted octanol–water partition coefficient (Wildman–Crippen LogP) is 2.86. The van der Waals surface area contributed by atoms with Gasteiger partial charge in [0.25, 0.3) is 5.91 Å². The molecule has 1 aromatic carbocycles. The molecule has 0 atom stereocenters. The first-order valence-electron chi connectivity index (χ1n) is 8.03. The van der Waals surface area contributed by atoms with Crippen LogP contribution in [-0.4, -0.2) is 35.9 Å². The second kappa shape index (κ2) is 9.89. The normalized spacial score (nSPS) is 10.2. The van der Waals surface area contributed by atoms with E-state index in [1.54, 1.807) is 6.07 Å². The average molecular weight is 410 g/mol. The second-order valence-electron chi connectivity index (χ2n) is 5.41. The minimum absolute atomic E-state index is 0.0571. The van der Waals surface area contributed by atoms with Gasteiger partial charge in [0.05, 0.1) is 17.1 Å². The van der Waals surface area contributed by atoms with E-state index in [0.717, 1.165) is 12.0 Å². The van der Waals surface area contributed by atoms with E-state index in [9.17, 15) is 14.4 Å². The highest BCUT2D eigenvalue weighted by Crippen LogP contribution is 2.20. The van der Waals surface area contributed by atoms with Crippen molar-refractivity contribution >= 4 is 46.7 Å². The highest BCUT2D eigenvalue weighted by molar-refractivity contribution is 6.41. The smallest absolute Gasteiger partial charge is 0.340 e. The van der Waals surface area contributed by atoms with Gasteiger partial charge in [0, 0.05) is 11.9 Å². The molecule has 2 aromatic rings. The standard InChI is InChI=1S/C18H17Cl2N3O4/c1-2-11-5-3-4-6-14(11)23-15(24)9-21-16(25)10-27-18(26)12-7-13(19)17(20)22-8-12/h3-8H,2,9-10H2,1H3,(H,21,25)(H,23,24). The molecule has 1 aromatic heterocycles. The summed E-state index contributed by atoms with van der Waals surface area (Å²) in [6.45, 7) is 1.19. The van der Waals surface area contributed by atoms with Crippen LogP contribution in [0.4, 0.5) is 5.69 Å². The van der Waals surface area contributed by atoms with Gasteiger partial charge in [-0.2, -0.15) is 0 Å². The van der Waals surface area contributed by atoms with E-state index in [-0.39, 0.29) is 28.2 Å². The van der Waals surface area contributed by atoms with Gasteiger partial charge in [-0.05, 0) is 24.1 Å². The fourth-order valence-electron chi connectivity index (χ4n) is 2.12. The quantitative estimate of drug-likeness (QED) is 0.541. The highest BCUT2D eigenvalue weighted by Gasteiger charge is 2.13. The summed E-state index contributed by atoms with van der Waals surface area (Å²) in [6, 6.07) is 8.67. The lowest BCUT2D eigenvalue weighted by atomic mass is 10.1. The fraction of sp³-hybridized carbons (Fsp3) is 0.222. The number of carbonyl (C=O) groups excluding carboxylic acids is 3. The molecule has 27 heavy (non-hydrogen) atoms. The monoisotopic (exact) mass is 409 g/mol.